The predicted molar refractivity (Wildman–Crippen MR) is 127 cm³/mol. The molecule has 2 aromatic rings. The standard InChI is InChI=1S/C24H32N2O4S/c1-5-12-30-21-10-9-18(14-22(21)28-4)16-25-24(31)26-23(27)19-7-6-8-20(15-19)29-13-11-17(2)3/h6-10,14-15,17H,5,11-13,16H2,1-4H3,(H2,25,26,27,31). The van der Waals surface area contributed by atoms with Crippen LogP contribution < -0.4 is 24.8 Å². The first-order valence-electron chi connectivity index (χ1n) is 10.5. The topological polar surface area (TPSA) is 68.8 Å². The Bertz CT molecular complexity index is 870. The van der Waals surface area contributed by atoms with Crippen molar-refractivity contribution in [2.75, 3.05) is 20.3 Å². The van der Waals surface area contributed by atoms with Gasteiger partial charge in [0.15, 0.2) is 16.6 Å². The molecule has 0 radical (unpaired) electrons. The van der Waals surface area contributed by atoms with E-state index in [2.05, 4.69) is 31.4 Å². The molecule has 0 fully saturated rings. The molecule has 0 spiro atoms. The molecule has 0 saturated heterocycles. The normalized spacial score (nSPS) is 10.5. The summed E-state index contributed by atoms with van der Waals surface area (Å²) in [7, 11) is 1.61. The van der Waals surface area contributed by atoms with Gasteiger partial charge in [-0.3, -0.25) is 10.1 Å². The van der Waals surface area contributed by atoms with Crippen LogP contribution in [0.5, 0.6) is 17.2 Å². The summed E-state index contributed by atoms with van der Waals surface area (Å²) in [4.78, 5) is 12.5. The third-order valence-electron chi connectivity index (χ3n) is 4.43. The van der Waals surface area contributed by atoms with Crippen molar-refractivity contribution in [3.8, 4) is 17.2 Å². The molecule has 1 amide bonds. The van der Waals surface area contributed by atoms with Gasteiger partial charge in [0, 0.05) is 12.1 Å². The number of amides is 1. The van der Waals surface area contributed by atoms with Crippen molar-refractivity contribution in [1.82, 2.24) is 10.6 Å². The number of ether oxygens (including phenoxy) is 3. The number of carbonyl (C=O) groups is 1. The first-order valence-corrected chi connectivity index (χ1v) is 11.0. The molecule has 2 rings (SSSR count). The summed E-state index contributed by atoms with van der Waals surface area (Å²) >= 11 is 5.27. The SMILES string of the molecule is CCCOc1ccc(CNC(=S)NC(=O)c2cccc(OCCC(C)C)c2)cc1OC. The summed E-state index contributed by atoms with van der Waals surface area (Å²) in [5.74, 6) is 2.32. The average molecular weight is 445 g/mol. The van der Waals surface area contributed by atoms with Gasteiger partial charge in [-0.15, -0.1) is 0 Å². The van der Waals surface area contributed by atoms with Crippen molar-refractivity contribution in [2.24, 2.45) is 5.92 Å². The largest absolute Gasteiger partial charge is 0.494 e. The van der Waals surface area contributed by atoms with E-state index >= 15 is 0 Å². The number of hydrogen-bond acceptors (Lipinski definition) is 5. The van der Waals surface area contributed by atoms with Crippen LogP contribution in [0.4, 0.5) is 0 Å². The second kappa shape index (κ2) is 12.8. The van der Waals surface area contributed by atoms with Crippen LogP contribution in [-0.4, -0.2) is 31.3 Å². The van der Waals surface area contributed by atoms with Crippen molar-refractivity contribution in [1.29, 1.82) is 0 Å². The van der Waals surface area contributed by atoms with E-state index in [0.29, 0.717) is 48.5 Å². The number of methoxy groups -OCH3 is 1. The van der Waals surface area contributed by atoms with Crippen LogP contribution in [0.15, 0.2) is 42.5 Å². The molecule has 0 saturated carbocycles. The molecule has 2 N–H and O–H groups in total. The number of nitrogens with one attached hydrogen (secondary N) is 2. The minimum atomic E-state index is -0.285. The fourth-order valence-electron chi connectivity index (χ4n) is 2.69. The third-order valence-corrected chi connectivity index (χ3v) is 4.68. The van der Waals surface area contributed by atoms with Crippen LogP contribution in [0.2, 0.25) is 0 Å². The van der Waals surface area contributed by atoms with Crippen molar-refractivity contribution in [3.63, 3.8) is 0 Å². The van der Waals surface area contributed by atoms with Gasteiger partial charge in [-0.2, -0.15) is 0 Å². The highest BCUT2D eigenvalue weighted by Crippen LogP contribution is 2.28. The summed E-state index contributed by atoms with van der Waals surface area (Å²) < 4.78 is 16.8. The third kappa shape index (κ3) is 8.45. The highest BCUT2D eigenvalue weighted by Gasteiger charge is 2.10. The monoisotopic (exact) mass is 444 g/mol. The number of benzene rings is 2. The fraction of sp³-hybridized carbons (Fsp3) is 0.417. The zero-order chi connectivity index (χ0) is 22.6. The average Bonchev–Trinajstić information content (AvgIpc) is 2.76. The molecule has 0 aromatic heterocycles. The van der Waals surface area contributed by atoms with E-state index in [1.807, 2.05) is 24.3 Å². The highest BCUT2D eigenvalue weighted by atomic mass is 32.1. The molecule has 0 aliphatic carbocycles. The molecule has 168 valence electrons. The maximum absolute atomic E-state index is 12.5. The molecule has 0 aliphatic rings. The molecule has 31 heavy (non-hydrogen) atoms. The van der Waals surface area contributed by atoms with Gasteiger partial charge in [0.2, 0.25) is 0 Å². The van der Waals surface area contributed by atoms with Crippen LogP contribution in [0, 0.1) is 5.92 Å². The summed E-state index contributed by atoms with van der Waals surface area (Å²) in [6.07, 6.45) is 1.88. The minimum absolute atomic E-state index is 0.251. The molecule has 0 heterocycles. The summed E-state index contributed by atoms with van der Waals surface area (Å²) in [6, 6.07) is 12.8. The Kier molecular flexibility index (Phi) is 10.1. The first-order chi connectivity index (χ1) is 14.9. The Hall–Kier alpha value is -2.80. The van der Waals surface area contributed by atoms with E-state index in [9.17, 15) is 4.79 Å². The van der Waals surface area contributed by atoms with Gasteiger partial charge < -0.3 is 19.5 Å². The quantitative estimate of drug-likeness (QED) is 0.489. The molecule has 0 atom stereocenters. The molecule has 2 aromatic carbocycles. The van der Waals surface area contributed by atoms with E-state index in [4.69, 9.17) is 26.4 Å². The molecule has 7 heteroatoms. The fourth-order valence-corrected chi connectivity index (χ4v) is 2.86. The number of hydrogen-bond donors (Lipinski definition) is 2. The van der Waals surface area contributed by atoms with Crippen molar-refractivity contribution < 1.29 is 19.0 Å². The Balaban J connectivity index is 1.87. The Morgan fingerprint density at radius 2 is 1.87 bits per heavy atom. The summed E-state index contributed by atoms with van der Waals surface area (Å²) in [5.41, 5.74) is 1.45. The van der Waals surface area contributed by atoms with E-state index in [1.165, 1.54) is 0 Å². The summed E-state index contributed by atoms with van der Waals surface area (Å²) in [6.45, 7) is 8.04. The second-order valence-corrected chi connectivity index (χ2v) is 7.94. The van der Waals surface area contributed by atoms with Crippen molar-refractivity contribution in [2.45, 2.75) is 40.2 Å². The highest BCUT2D eigenvalue weighted by molar-refractivity contribution is 7.80. The maximum Gasteiger partial charge on any atom is 0.257 e. The Morgan fingerprint density at radius 3 is 2.58 bits per heavy atom. The molecule has 6 nitrogen and oxygen atoms in total. The Labute approximate surface area is 190 Å². The lowest BCUT2D eigenvalue weighted by Crippen LogP contribution is -2.38. The van der Waals surface area contributed by atoms with Crippen LogP contribution in [0.1, 0.15) is 49.5 Å². The van der Waals surface area contributed by atoms with E-state index < -0.39 is 0 Å². The Morgan fingerprint density at radius 1 is 1.06 bits per heavy atom. The molecule has 0 aliphatic heterocycles. The van der Waals surface area contributed by atoms with Gasteiger partial charge in [0.25, 0.3) is 5.91 Å². The van der Waals surface area contributed by atoms with Gasteiger partial charge in [-0.1, -0.05) is 32.9 Å². The van der Waals surface area contributed by atoms with Crippen LogP contribution in [0.3, 0.4) is 0 Å². The van der Waals surface area contributed by atoms with Crippen LogP contribution in [-0.2, 0) is 6.54 Å². The van der Waals surface area contributed by atoms with Gasteiger partial charge in [-0.05, 0) is 66.9 Å². The van der Waals surface area contributed by atoms with Gasteiger partial charge in [0.1, 0.15) is 5.75 Å². The molecule has 0 bridgehead atoms. The van der Waals surface area contributed by atoms with E-state index in [1.54, 1.807) is 25.3 Å². The molecular formula is C24H32N2O4S. The molecule has 0 unspecified atom stereocenters. The van der Waals surface area contributed by atoms with Crippen LogP contribution >= 0.6 is 12.2 Å². The molecular weight excluding hydrogens is 412 g/mol. The first kappa shape index (κ1) is 24.5. The zero-order valence-corrected chi connectivity index (χ0v) is 19.5. The number of carbonyl (C=O) groups excluding carboxylic acids is 1. The second-order valence-electron chi connectivity index (χ2n) is 7.53. The zero-order valence-electron chi connectivity index (χ0n) is 18.7. The van der Waals surface area contributed by atoms with E-state index in [0.717, 1.165) is 18.4 Å². The maximum atomic E-state index is 12.5. The minimum Gasteiger partial charge on any atom is -0.494 e. The summed E-state index contributed by atoms with van der Waals surface area (Å²) in [5, 5.41) is 6.00. The lowest BCUT2D eigenvalue weighted by Gasteiger charge is -2.13. The van der Waals surface area contributed by atoms with Gasteiger partial charge >= 0.3 is 0 Å². The number of rotatable bonds is 11. The van der Waals surface area contributed by atoms with Gasteiger partial charge in [0.05, 0.1) is 20.3 Å². The van der Waals surface area contributed by atoms with Gasteiger partial charge in [-0.25, -0.2) is 0 Å². The number of thiocarbonyl (C=S) groups is 1. The smallest absolute Gasteiger partial charge is 0.257 e. The van der Waals surface area contributed by atoms with Crippen LogP contribution in [0.25, 0.3) is 0 Å². The van der Waals surface area contributed by atoms with Crippen molar-refractivity contribution in [3.05, 3.63) is 53.6 Å². The predicted octanol–water partition coefficient (Wildman–Crippen LogP) is 4.71. The lowest BCUT2D eigenvalue weighted by molar-refractivity contribution is 0.0976. The van der Waals surface area contributed by atoms with E-state index in [-0.39, 0.29) is 11.0 Å². The van der Waals surface area contributed by atoms with Crippen molar-refractivity contribution >= 4 is 23.2 Å². The lowest BCUT2D eigenvalue weighted by atomic mass is 10.1.